The third-order valence-corrected chi connectivity index (χ3v) is 12.4. The minimum atomic E-state index is 0.388. The summed E-state index contributed by atoms with van der Waals surface area (Å²) >= 11 is 0. The van der Waals surface area contributed by atoms with Gasteiger partial charge >= 0.3 is 0 Å². The van der Waals surface area contributed by atoms with E-state index < -0.39 is 0 Å². The average Bonchev–Trinajstić information content (AvgIpc) is 3.24. The third kappa shape index (κ3) is 5.08. The molecular formula is C52H42N2. The third-order valence-electron chi connectivity index (χ3n) is 12.4. The van der Waals surface area contributed by atoms with E-state index in [4.69, 9.17) is 0 Å². The van der Waals surface area contributed by atoms with Gasteiger partial charge in [-0.25, -0.2) is 0 Å². The Kier molecular flexibility index (Phi) is 7.43. The lowest BCUT2D eigenvalue weighted by Crippen LogP contribution is -2.24. The van der Waals surface area contributed by atoms with E-state index in [9.17, 15) is 0 Å². The summed E-state index contributed by atoms with van der Waals surface area (Å²) in [5.41, 5.74) is 14.9. The number of benzene rings is 7. The number of rotatable bonds is 4. The lowest BCUT2D eigenvalue weighted by atomic mass is 9.78. The number of nitrogens with zero attached hydrogens (tertiary/aromatic N) is 2. The van der Waals surface area contributed by atoms with Gasteiger partial charge in [-0.1, -0.05) is 127 Å². The molecule has 7 aromatic rings. The number of allylic oxidation sites excluding steroid dienone is 8. The molecule has 2 nitrogen and oxygen atoms in total. The summed E-state index contributed by atoms with van der Waals surface area (Å²) in [7, 11) is 0. The molecule has 2 heterocycles. The van der Waals surface area contributed by atoms with Crippen LogP contribution in [0.4, 0.5) is 22.7 Å². The van der Waals surface area contributed by atoms with Gasteiger partial charge in [0, 0.05) is 41.8 Å². The molecule has 0 radical (unpaired) electrons. The average molecular weight is 695 g/mol. The van der Waals surface area contributed by atoms with Crippen LogP contribution in [0.2, 0.25) is 0 Å². The quantitative estimate of drug-likeness (QED) is 0.169. The van der Waals surface area contributed by atoms with E-state index in [0.29, 0.717) is 5.92 Å². The molecule has 2 heteroatoms. The van der Waals surface area contributed by atoms with Crippen LogP contribution in [-0.4, -0.2) is 13.1 Å². The maximum Gasteiger partial charge on any atom is 0.0443 e. The summed E-state index contributed by atoms with van der Waals surface area (Å²) in [5.74, 6) is 0.388. The first kappa shape index (κ1) is 31.4. The highest BCUT2D eigenvalue weighted by atomic mass is 15.1. The van der Waals surface area contributed by atoms with Crippen molar-refractivity contribution < 1.29 is 0 Å². The fourth-order valence-electron chi connectivity index (χ4n) is 9.88. The lowest BCUT2D eigenvalue weighted by molar-refractivity contribution is 0.767. The summed E-state index contributed by atoms with van der Waals surface area (Å²) in [6, 6.07) is 48.4. The van der Waals surface area contributed by atoms with E-state index in [1.54, 1.807) is 0 Å². The molecule has 260 valence electrons. The van der Waals surface area contributed by atoms with E-state index in [1.807, 2.05) is 0 Å². The molecular weight excluding hydrogens is 653 g/mol. The lowest BCUT2D eigenvalue weighted by Gasteiger charge is -2.33. The molecule has 0 amide bonds. The molecule has 4 aliphatic rings. The Labute approximate surface area is 317 Å². The van der Waals surface area contributed by atoms with Crippen molar-refractivity contribution in [3.63, 3.8) is 0 Å². The standard InChI is InChI=1S/C52H42N2/c1-2-16-39-32-40(25-24-35(39)12-1)51-45-28-26-42(54-31-11-19-38-15-5-8-23-50(38)54)34-48(45)52(44-21-9-17-36-13-3-6-20-43(36)44)46-29-27-41(33-47(46)51)53-30-10-18-37-14-4-7-22-49(37)53/h1-9,12-17,20-29,33-34,39H,10-11,18-19,30-32H2. The molecule has 7 aromatic carbocycles. The van der Waals surface area contributed by atoms with Crippen LogP contribution in [0.1, 0.15) is 36.0 Å². The second-order valence-corrected chi connectivity index (χ2v) is 15.4. The number of hydrogen-bond acceptors (Lipinski definition) is 2. The van der Waals surface area contributed by atoms with Crippen molar-refractivity contribution in [1.82, 2.24) is 0 Å². The summed E-state index contributed by atoms with van der Waals surface area (Å²) in [6.07, 6.45) is 19.4. The monoisotopic (exact) mass is 694 g/mol. The normalized spacial score (nSPS) is 17.7. The first-order valence-corrected chi connectivity index (χ1v) is 19.8. The predicted octanol–water partition coefficient (Wildman–Crippen LogP) is 13.4. The zero-order chi connectivity index (χ0) is 35.6. The first-order valence-electron chi connectivity index (χ1n) is 19.8. The van der Waals surface area contributed by atoms with Crippen LogP contribution >= 0.6 is 0 Å². The number of hydrogen-bond donors (Lipinski definition) is 0. The van der Waals surface area contributed by atoms with Crippen molar-refractivity contribution in [1.29, 1.82) is 0 Å². The van der Waals surface area contributed by atoms with Crippen LogP contribution in [0.3, 0.4) is 0 Å². The topological polar surface area (TPSA) is 6.48 Å². The van der Waals surface area contributed by atoms with Crippen molar-refractivity contribution in [2.24, 2.45) is 5.92 Å². The summed E-state index contributed by atoms with van der Waals surface area (Å²) < 4.78 is 0. The summed E-state index contributed by atoms with van der Waals surface area (Å²) in [4.78, 5) is 5.11. The molecule has 0 saturated heterocycles. The molecule has 1 unspecified atom stereocenters. The first-order chi connectivity index (χ1) is 26.8. The van der Waals surface area contributed by atoms with Crippen LogP contribution in [0.5, 0.6) is 0 Å². The van der Waals surface area contributed by atoms with E-state index in [-0.39, 0.29) is 0 Å². The van der Waals surface area contributed by atoms with Gasteiger partial charge in [-0.05, 0) is 140 Å². The van der Waals surface area contributed by atoms with E-state index in [0.717, 1.165) is 45.2 Å². The SMILES string of the molecule is C1=CC2=CC=C(c3c4cc(N5CCCc6ccccc65)ccc4c(-c4cccc5ccccc45)c4cc(N5CCCc6ccccc65)ccc34)CC2C=C1. The van der Waals surface area contributed by atoms with Gasteiger partial charge in [-0.15, -0.1) is 0 Å². The fraction of sp³-hybridized carbons (Fsp3) is 0.154. The molecule has 54 heavy (non-hydrogen) atoms. The van der Waals surface area contributed by atoms with Gasteiger partial charge in [-0.3, -0.25) is 0 Å². The predicted molar refractivity (Wildman–Crippen MR) is 230 cm³/mol. The number of anilines is 4. The zero-order valence-electron chi connectivity index (χ0n) is 30.5. The maximum atomic E-state index is 2.56. The van der Waals surface area contributed by atoms with Crippen molar-refractivity contribution in [2.45, 2.75) is 32.1 Å². The van der Waals surface area contributed by atoms with Crippen LogP contribution in [0.15, 0.2) is 169 Å². The fourth-order valence-corrected chi connectivity index (χ4v) is 9.88. The molecule has 0 N–H and O–H groups in total. The molecule has 0 bridgehead atoms. The largest absolute Gasteiger partial charge is 0.341 e. The maximum absolute atomic E-state index is 2.56. The molecule has 11 rings (SSSR count). The second-order valence-electron chi connectivity index (χ2n) is 15.4. The summed E-state index contributed by atoms with van der Waals surface area (Å²) in [5, 5.41) is 7.86. The van der Waals surface area contributed by atoms with Gasteiger partial charge in [0.05, 0.1) is 0 Å². The summed E-state index contributed by atoms with van der Waals surface area (Å²) in [6.45, 7) is 2.05. The molecule has 2 aliphatic carbocycles. The minimum absolute atomic E-state index is 0.388. The molecule has 1 atom stereocenters. The van der Waals surface area contributed by atoms with Gasteiger partial charge in [-0.2, -0.15) is 0 Å². The Morgan fingerprint density at radius 2 is 1.13 bits per heavy atom. The van der Waals surface area contributed by atoms with Crippen LogP contribution in [0, 0.1) is 5.92 Å². The van der Waals surface area contributed by atoms with Crippen LogP contribution < -0.4 is 9.80 Å². The van der Waals surface area contributed by atoms with E-state index >= 15 is 0 Å². The Bertz CT molecular complexity index is 2770. The molecule has 2 aliphatic heterocycles. The second kappa shape index (κ2) is 12.8. The van der Waals surface area contributed by atoms with Crippen molar-refractivity contribution >= 4 is 60.6 Å². The van der Waals surface area contributed by atoms with Gasteiger partial charge in [0.15, 0.2) is 0 Å². The molecule has 0 fully saturated rings. The van der Waals surface area contributed by atoms with Gasteiger partial charge < -0.3 is 9.80 Å². The highest BCUT2D eigenvalue weighted by molar-refractivity contribution is 6.22. The van der Waals surface area contributed by atoms with Crippen molar-refractivity contribution in [3.05, 3.63) is 186 Å². The van der Waals surface area contributed by atoms with Gasteiger partial charge in [0.25, 0.3) is 0 Å². The Balaban J connectivity index is 1.23. The Hall–Kier alpha value is -6.12. The van der Waals surface area contributed by atoms with Gasteiger partial charge in [0.2, 0.25) is 0 Å². The van der Waals surface area contributed by atoms with Crippen molar-refractivity contribution in [2.75, 3.05) is 22.9 Å². The van der Waals surface area contributed by atoms with E-state index in [2.05, 4.69) is 174 Å². The number of aryl methyl sites for hydroxylation is 2. The number of para-hydroxylation sites is 2. The Morgan fingerprint density at radius 3 is 1.87 bits per heavy atom. The van der Waals surface area contributed by atoms with Crippen LogP contribution in [0.25, 0.3) is 49.0 Å². The molecule has 0 saturated carbocycles. The smallest absolute Gasteiger partial charge is 0.0443 e. The Morgan fingerprint density at radius 1 is 0.500 bits per heavy atom. The van der Waals surface area contributed by atoms with Crippen molar-refractivity contribution in [3.8, 4) is 11.1 Å². The van der Waals surface area contributed by atoms with E-state index in [1.165, 1.54) is 94.0 Å². The van der Waals surface area contributed by atoms with Crippen LogP contribution in [-0.2, 0) is 12.8 Å². The minimum Gasteiger partial charge on any atom is -0.341 e. The zero-order valence-corrected chi connectivity index (χ0v) is 30.5. The number of fused-ring (bicyclic) bond motifs is 6. The molecule has 0 aromatic heterocycles. The van der Waals surface area contributed by atoms with Gasteiger partial charge in [0.1, 0.15) is 0 Å². The highest BCUT2D eigenvalue weighted by Gasteiger charge is 2.27. The molecule has 0 spiro atoms. The highest BCUT2D eigenvalue weighted by Crippen LogP contribution is 2.49.